The highest BCUT2D eigenvalue weighted by Gasteiger charge is 2.26. The Labute approximate surface area is 60.7 Å². The molecule has 0 spiro atoms. The van der Waals surface area contributed by atoms with Gasteiger partial charge in [0.25, 0.3) is 0 Å². The maximum atomic E-state index is 5.45. The van der Waals surface area contributed by atoms with E-state index in [0.717, 1.165) is 32.8 Å². The molecule has 2 fully saturated rings. The van der Waals surface area contributed by atoms with Gasteiger partial charge in [-0.2, -0.15) is 0 Å². The second kappa shape index (κ2) is 2.86. The van der Waals surface area contributed by atoms with E-state index in [1.807, 2.05) is 0 Å². The number of rotatable bonds is 0. The van der Waals surface area contributed by atoms with Gasteiger partial charge in [-0.15, -0.1) is 0 Å². The Kier molecular flexibility index (Phi) is 1.88. The van der Waals surface area contributed by atoms with Crippen LogP contribution in [0.3, 0.4) is 0 Å². The molecule has 2 bridgehead atoms. The van der Waals surface area contributed by atoms with E-state index in [9.17, 15) is 0 Å². The molecular formula is C7H13NO2. The molecule has 58 valence electrons. The molecule has 10 heavy (non-hydrogen) atoms. The van der Waals surface area contributed by atoms with E-state index in [1.54, 1.807) is 0 Å². The van der Waals surface area contributed by atoms with E-state index in [4.69, 9.17) is 9.47 Å². The maximum absolute atomic E-state index is 5.45. The molecule has 2 unspecified atom stereocenters. The third kappa shape index (κ3) is 1.31. The minimum Gasteiger partial charge on any atom is -0.377 e. The highest BCUT2D eigenvalue weighted by atomic mass is 16.5. The molecule has 0 saturated carbocycles. The summed E-state index contributed by atoms with van der Waals surface area (Å²) in [6.45, 7) is 3.46. The molecule has 3 heteroatoms. The van der Waals surface area contributed by atoms with E-state index >= 15 is 0 Å². The predicted octanol–water partition coefficient (Wildman–Crippen LogP) is -0.236. The van der Waals surface area contributed by atoms with Crippen LogP contribution in [0.2, 0.25) is 0 Å². The molecule has 2 saturated heterocycles. The molecule has 2 atom stereocenters. The van der Waals surface area contributed by atoms with Gasteiger partial charge in [-0.25, -0.2) is 0 Å². The summed E-state index contributed by atoms with van der Waals surface area (Å²) in [5, 5.41) is 3.36. The van der Waals surface area contributed by atoms with Crippen LogP contribution >= 0.6 is 0 Å². The van der Waals surface area contributed by atoms with Crippen molar-refractivity contribution in [3.8, 4) is 0 Å². The van der Waals surface area contributed by atoms with Gasteiger partial charge in [0.1, 0.15) is 0 Å². The van der Waals surface area contributed by atoms with Crippen molar-refractivity contribution < 1.29 is 9.47 Å². The van der Waals surface area contributed by atoms with E-state index in [1.165, 1.54) is 0 Å². The highest BCUT2D eigenvalue weighted by molar-refractivity contribution is 4.79. The molecule has 0 aromatic heterocycles. The Morgan fingerprint density at radius 2 is 2.30 bits per heavy atom. The molecule has 0 aliphatic carbocycles. The topological polar surface area (TPSA) is 30.5 Å². The zero-order valence-electron chi connectivity index (χ0n) is 6.01. The molecule has 3 nitrogen and oxygen atoms in total. The van der Waals surface area contributed by atoms with Gasteiger partial charge < -0.3 is 14.8 Å². The summed E-state index contributed by atoms with van der Waals surface area (Å²) in [7, 11) is 0. The molecule has 2 aliphatic rings. The molecule has 0 radical (unpaired) electrons. The van der Waals surface area contributed by atoms with Crippen molar-refractivity contribution in [3.63, 3.8) is 0 Å². The number of hydrogen-bond donors (Lipinski definition) is 1. The van der Waals surface area contributed by atoms with Crippen LogP contribution < -0.4 is 5.32 Å². The lowest BCUT2D eigenvalue weighted by atomic mass is 10.2. The summed E-state index contributed by atoms with van der Waals surface area (Å²) < 4.78 is 10.8. The lowest BCUT2D eigenvalue weighted by Crippen LogP contribution is -2.34. The van der Waals surface area contributed by atoms with Crippen LogP contribution in [0.25, 0.3) is 0 Å². The first-order chi connectivity index (χ1) is 4.95. The van der Waals surface area contributed by atoms with Crippen LogP contribution in [0, 0.1) is 0 Å². The average molecular weight is 143 g/mol. The van der Waals surface area contributed by atoms with Crippen LogP contribution in [-0.2, 0) is 9.47 Å². The number of hydrogen-bond acceptors (Lipinski definition) is 3. The van der Waals surface area contributed by atoms with E-state index in [0.29, 0.717) is 12.1 Å². The van der Waals surface area contributed by atoms with E-state index < -0.39 is 0 Å². The number of fused-ring (bicyclic) bond motifs is 2. The third-order valence-corrected chi connectivity index (χ3v) is 2.06. The van der Waals surface area contributed by atoms with Gasteiger partial charge >= 0.3 is 0 Å². The van der Waals surface area contributed by atoms with Crippen LogP contribution in [-0.4, -0.2) is 38.5 Å². The normalized spacial score (nSPS) is 40.8. The van der Waals surface area contributed by atoms with Crippen molar-refractivity contribution in [2.45, 2.75) is 18.6 Å². The lowest BCUT2D eigenvalue weighted by molar-refractivity contribution is 0.0211. The van der Waals surface area contributed by atoms with Crippen LogP contribution in [0.4, 0.5) is 0 Å². The molecule has 0 aromatic rings. The zero-order valence-corrected chi connectivity index (χ0v) is 6.01. The zero-order chi connectivity index (χ0) is 6.81. The third-order valence-electron chi connectivity index (χ3n) is 2.06. The smallest absolute Gasteiger partial charge is 0.0825 e. The van der Waals surface area contributed by atoms with Crippen molar-refractivity contribution in [2.24, 2.45) is 0 Å². The van der Waals surface area contributed by atoms with Crippen molar-refractivity contribution >= 4 is 0 Å². The van der Waals surface area contributed by atoms with Crippen molar-refractivity contribution in [2.75, 3.05) is 26.4 Å². The minimum atomic E-state index is 0.359. The van der Waals surface area contributed by atoms with E-state index in [2.05, 4.69) is 5.32 Å². The van der Waals surface area contributed by atoms with Gasteiger partial charge in [-0.3, -0.25) is 0 Å². The van der Waals surface area contributed by atoms with Gasteiger partial charge in [-0.05, 0) is 6.42 Å². The Bertz CT molecular complexity index is 106. The summed E-state index contributed by atoms with van der Waals surface area (Å²) >= 11 is 0. The first-order valence-electron chi connectivity index (χ1n) is 3.88. The first-order valence-corrected chi connectivity index (χ1v) is 3.88. The van der Waals surface area contributed by atoms with Gasteiger partial charge in [-0.1, -0.05) is 0 Å². The van der Waals surface area contributed by atoms with Gasteiger partial charge in [0.2, 0.25) is 0 Å². The average Bonchev–Trinajstić information content (AvgIpc) is 2.30. The standard InChI is InChI=1S/C7H13NO2/c1-2-9-5-7-3-6(8-1)4-10-7/h6-8H,1-5H2. The number of ether oxygens (including phenoxy) is 2. The van der Waals surface area contributed by atoms with Crippen LogP contribution in [0.1, 0.15) is 6.42 Å². The molecule has 2 rings (SSSR count). The Morgan fingerprint density at radius 3 is 3.30 bits per heavy atom. The van der Waals surface area contributed by atoms with Crippen molar-refractivity contribution in [3.05, 3.63) is 0 Å². The summed E-state index contributed by atoms with van der Waals surface area (Å²) in [5.74, 6) is 0. The maximum Gasteiger partial charge on any atom is 0.0825 e. The second-order valence-electron chi connectivity index (χ2n) is 2.92. The summed E-state index contributed by atoms with van der Waals surface area (Å²) in [6.07, 6.45) is 1.48. The van der Waals surface area contributed by atoms with Gasteiger partial charge in [0.05, 0.1) is 25.9 Å². The monoisotopic (exact) mass is 143 g/mol. The van der Waals surface area contributed by atoms with Crippen LogP contribution in [0.15, 0.2) is 0 Å². The molecule has 2 heterocycles. The molecule has 0 amide bonds. The summed E-state index contributed by atoms with van der Waals surface area (Å²) in [4.78, 5) is 0. The molecule has 0 aromatic carbocycles. The number of nitrogens with one attached hydrogen (secondary N) is 1. The Balaban J connectivity index is 1.91. The van der Waals surface area contributed by atoms with Gasteiger partial charge in [0, 0.05) is 12.6 Å². The molecular weight excluding hydrogens is 130 g/mol. The van der Waals surface area contributed by atoms with Crippen molar-refractivity contribution in [1.29, 1.82) is 0 Å². The lowest BCUT2D eigenvalue weighted by Gasteiger charge is -2.15. The fourth-order valence-electron chi connectivity index (χ4n) is 1.51. The largest absolute Gasteiger partial charge is 0.377 e. The minimum absolute atomic E-state index is 0.359. The second-order valence-corrected chi connectivity index (χ2v) is 2.92. The fourth-order valence-corrected chi connectivity index (χ4v) is 1.51. The first kappa shape index (κ1) is 6.58. The summed E-state index contributed by atoms with van der Waals surface area (Å²) in [5.41, 5.74) is 0. The van der Waals surface area contributed by atoms with Crippen LogP contribution in [0.5, 0.6) is 0 Å². The van der Waals surface area contributed by atoms with Crippen molar-refractivity contribution in [1.82, 2.24) is 5.32 Å². The van der Waals surface area contributed by atoms with Gasteiger partial charge in [0.15, 0.2) is 0 Å². The Hall–Kier alpha value is -0.120. The molecule has 1 N–H and O–H groups in total. The quantitative estimate of drug-likeness (QED) is 0.508. The van der Waals surface area contributed by atoms with E-state index in [-0.39, 0.29) is 0 Å². The predicted molar refractivity (Wildman–Crippen MR) is 37.0 cm³/mol. The molecule has 2 aliphatic heterocycles. The Morgan fingerprint density at radius 1 is 1.30 bits per heavy atom. The highest BCUT2D eigenvalue weighted by Crippen LogP contribution is 2.14. The SMILES string of the molecule is C1COCC2CC(CO2)N1. The summed E-state index contributed by atoms with van der Waals surface area (Å²) in [6, 6.07) is 0.592. The fraction of sp³-hybridized carbons (Fsp3) is 1.00.